The minimum Gasteiger partial charge on any atom is -0.480 e. The fourth-order valence-corrected chi connectivity index (χ4v) is 2.07. The van der Waals surface area contributed by atoms with Crippen LogP contribution >= 0.6 is 0 Å². The van der Waals surface area contributed by atoms with Crippen molar-refractivity contribution in [2.75, 3.05) is 14.1 Å². The molecule has 0 bridgehead atoms. The Morgan fingerprint density at radius 1 is 1.33 bits per heavy atom. The number of nitrogens with zero attached hydrogens (tertiary/aromatic N) is 1. The molecule has 0 fully saturated rings. The maximum atomic E-state index is 11.6. The summed E-state index contributed by atoms with van der Waals surface area (Å²) >= 11 is 0. The summed E-state index contributed by atoms with van der Waals surface area (Å²) in [6, 6.07) is 7.67. The number of aliphatic carboxylic acids is 1. The molecule has 100 valence electrons. The molecule has 7 heteroatoms. The molecule has 0 aliphatic carbocycles. The van der Waals surface area contributed by atoms with Gasteiger partial charge in [0.25, 0.3) is 10.2 Å². The molecule has 18 heavy (non-hydrogen) atoms. The molecule has 0 heterocycles. The average Bonchev–Trinajstić information content (AvgIpc) is 2.29. The van der Waals surface area contributed by atoms with Gasteiger partial charge in [-0.1, -0.05) is 30.3 Å². The molecular formula is C11H16N2O4S. The third-order valence-electron chi connectivity index (χ3n) is 2.35. The third-order valence-corrected chi connectivity index (χ3v) is 3.90. The van der Waals surface area contributed by atoms with Crippen LogP contribution in [0.4, 0.5) is 0 Å². The van der Waals surface area contributed by atoms with Gasteiger partial charge in [0.1, 0.15) is 6.04 Å². The number of rotatable bonds is 6. The first-order valence-electron chi connectivity index (χ1n) is 5.29. The summed E-state index contributed by atoms with van der Waals surface area (Å²) in [6.45, 7) is 0. The van der Waals surface area contributed by atoms with Gasteiger partial charge in [-0.15, -0.1) is 0 Å². The Morgan fingerprint density at radius 3 is 2.33 bits per heavy atom. The quantitative estimate of drug-likeness (QED) is 0.767. The number of benzene rings is 1. The van der Waals surface area contributed by atoms with Crippen molar-refractivity contribution in [1.82, 2.24) is 9.03 Å². The Balaban J connectivity index is 2.83. The maximum absolute atomic E-state index is 11.6. The van der Waals surface area contributed by atoms with E-state index in [1.807, 2.05) is 6.07 Å². The number of carbonyl (C=O) groups is 1. The fourth-order valence-electron chi connectivity index (χ4n) is 1.31. The summed E-state index contributed by atoms with van der Waals surface area (Å²) in [5, 5.41) is 9.03. The van der Waals surface area contributed by atoms with Crippen molar-refractivity contribution in [2.24, 2.45) is 0 Å². The lowest BCUT2D eigenvalue weighted by atomic mass is 10.1. The maximum Gasteiger partial charge on any atom is 0.322 e. The molecule has 0 saturated heterocycles. The molecule has 1 aromatic carbocycles. The van der Waals surface area contributed by atoms with E-state index >= 15 is 0 Å². The van der Waals surface area contributed by atoms with E-state index in [4.69, 9.17) is 5.11 Å². The van der Waals surface area contributed by atoms with Gasteiger partial charge in [0, 0.05) is 14.1 Å². The van der Waals surface area contributed by atoms with Gasteiger partial charge in [-0.25, -0.2) is 0 Å². The summed E-state index contributed by atoms with van der Waals surface area (Å²) in [5.74, 6) is -1.20. The topological polar surface area (TPSA) is 86.7 Å². The number of carboxylic acid groups (broad SMARTS) is 1. The van der Waals surface area contributed by atoms with Crippen molar-refractivity contribution in [1.29, 1.82) is 0 Å². The van der Waals surface area contributed by atoms with Crippen LogP contribution in [-0.2, 0) is 21.4 Å². The normalized spacial score (nSPS) is 13.5. The van der Waals surface area contributed by atoms with E-state index in [2.05, 4.69) is 4.72 Å². The summed E-state index contributed by atoms with van der Waals surface area (Å²) in [5.41, 5.74) is 0.756. The molecule has 0 aromatic heterocycles. The molecule has 0 saturated carbocycles. The van der Waals surface area contributed by atoms with E-state index in [0.29, 0.717) is 0 Å². The SMILES string of the molecule is CN(C)S(=O)(=O)N[C@H](Cc1ccccc1)C(=O)O. The second-order valence-electron chi connectivity index (χ2n) is 3.99. The van der Waals surface area contributed by atoms with Gasteiger partial charge in [0.15, 0.2) is 0 Å². The Bertz CT molecular complexity index is 499. The molecule has 2 N–H and O–H groups in total. The highest BCUT2D eigenvalue weighted by Gasteiger charge is 2.25. The number of nitrogens with one attached hydrogen (secondary N) is 1. The van der Waals surface area contributed by atoms with Crippen LogP contribution in [0, 0.1) is 0 Å². The van der Waals surface area contributed by atoms with Gasteiger partial charge >= 0.3 is 5.97 Å². The van der Waals surface area contributed by atoms with E-state index in [1.165, 1.54) is 14.1 Å². The van der Waals surface area contributed by atoms with Crippen LogP contribution in [0.5, 0.6) is 0 Å². The summed E-state index contributed by atoms with van der Waals surface area (Å²) in [7, 11) is -1.09. The van der Waals surface area contributed by atoms with Gasteiger partial charge in [0.2, 0.25) is 0 Å². The fraction of sp³-hybridized carbons (Fsp3) is 0.364. The smallest absolute Gasteiger partial charge is 0.322 e. The van der Waals surface area contributed by atoms with E-state index in [-0.39, 0.29) is 6.42 Å². The molecule has 0 amide bonds. The summed E-state index contributed by atoms with van der Waals surface area (Å²) in [6.07, 6.45) is 0.100. The van der Waals surface area contributed by atoms with Crippen molar-refractivity contribution >= 4 is 16.2 Å². The first kappa shape index (κ1) is 14.6. The third kappa shape index (κ3) is 4.10. The largest absolute Gasteiger partial charge is 0.480 e. The van der Waals surface area contributed by atoms with E-state index in [1.54, 1.807) is 24.3 Å². The zero-order chi connectivity index (χ0) is 13.8. The van der Waals surface area contributed by atoms with Gasteiger partial charge in [-0.3, -0.25) is 4.79 Å². The lowest BCUT2D eigenvalue weighted by Gasteiger charge is -2.18. The molecule has 0 aliphatic heterocycles. The highest BCUT2D eigenvalue weighted by Crippen LogP contribution is 2.05. The van der Waals surface area contributed by atoms with Crippen molar-refractivity contribution < 1.29 is 18.3 Å². The summed E-state index contributed by atoms with van der Waals surface area (Å²) < 4.78 is 26.3. The molecule has 1 atom stereocenters. The standard InChI is InChI=1S/C11H16N2O4S/c1-13(2)18(16,17)12-10(11(14)15)8-9-6-4-3-5-7-9/h3-7,10,12H,8H2,1-2H3,(H,14,15)/t10-/m1/s1. The molecule has 1 aromatic rings. The van der Waals surface area contributed by atoms with E-state index in [9.17, 15) is 13.2 Å². The molecule has 0 spiro atoms. The van der Waals surface area contributed by atoms with Gasteiger partial charge < -0.3 is 5.11 Å². The van der Waals surface area contributed by atoms with E-state index < -0.39 is 22.2 Å². The Hall–Kier alpha value is -1.44. The molecule has 0 radical (unpaired) electrons. The van der Waals surface area contributed by atoms with Gasteiger partial charge in [-0.05, 0) is 12.0 Å². The average molecular weight is 272 g/mol. The zero-order valence-electron chi connectivity index (χ0n) is 10.2. The van der Waals surface area contributed by atoms with Crippen LogP contribution in [-0.4, -0.2) is 43.9 Å². The van der Waals surface area contributed by atoms with Crippen molar-refractivity contribution in [3.8, 4) is 0 Å². The first-order chi connectivity index (χ1) is 8.33. The second-order valence-corrected chi connectivity index (χ2v) is 5.90. The highest BCUT2D eigenvalue weighted by molar-refractivity contribution is 7.87. The Kier molecular flexibility index (Phi) is 4.83. The number of hydrogen-bond acceptors (Lipinski definition) is 3. The molecule has 1 rings (SSSR count). The zero-order valence-corrected chi connectivity index (χ0v) is 11.0. The predicted octanol–water partition coefficient (Wildman–Crippen LogP) is 0.0783. The monoisotopic (exact) mass is 272 g/mol. The van der Waals surface area contributed by atoms with Crippen molar-refractivity contribution in [3.63, 3.8) is 0 Å². The van der Waals surface area contributed by atoms with Gasteiger partial charge in [-0.2, -0.15) is 17.4 Å². The minimum absolute atomic E-state index is 0.100. The van der Waals surface area contributed by atoms with E-state index in [0.717, 1.165) is 9.87 Å². The van der Waals surface area contributed by atoms with Crippen LogP contribution in [0.3, 0.4) is 0 Å². The van der Waals surface area contributed by atoms with Crippen LogP contribution < -0.4 is 4.72 Å². The molecule has 0 unspecified atom stereocenters. The van der Waals surface area contributed by atoms with Crippen molar-refractivity contribution in [2.45, 2.75) is 12.5 Å². The predicted molar refractivity (Wildman–Crippen MR) is 67.3 cm³/mol. The lowest BCUT2D eigenvalue weighted by molar-refractivity contribution is -0.138. The first-order valence-corrected chi connectivity index (χ1v) is 6.73. The molecular weight excluding hydrogens is 256 g/mol. The molecule has 0 aliphatic rings. The van der Waals surface area contributed by atoms with Crippen LogP contribution in [0.15, 0.2) is 30.3 Å². The minimum atomic E-state index is -3.76. The number of hydrogen-bond donors (Lipinski definition) is 2. The highest BCUT2D eigenvalue weighted by atomic mass is 32.2. The van der Waals surface area contributed by atoms with Crippen LogP contribution in [0.1, 0.15) is 5.56 Å². The summed E-state index contributed by atoms with van der Waals surface area (Å²) in [4.78, 5) is 11.1. The van der Waals surface area contributed by atoms with Crippen LogP contribution in [0.2, 0.25) is 0 Å². The van der Waals surface area contributed by atoms with Crippen LogP contribution in [0.25, 0.3) is 0 Å². The molecule has 6 nitrogen and oxygen atoms in total. The van der Waals surface area contributed by atoms with Crippen molar-refractivity contribution in [3.05, 3.63) is 35.9 Å². The Morgan fingerprint density at radius 2 is 1.89 bits per heavy atom. The van der Waals surface area contributed by atoms with Gasteiger partial charge in [0.05, 0.1) is 0 Å². The second kappa shape index (κ2) is 5.94. The number of carboxylic acids is 1. The Labute approximate surface area is 106 Å². The lowest BCUT2D eigenvalue weighted by Crippen LogP contribution is -2.47.